The Labute approximate surface area is 187 Å². The van der Waals surface area contributed by atoms with Crippen molar-refractivity contribution < 1.29 is 23.5 Å². The zero-order chi connectivity index (χ0) is 23.3. The number of amides is 3. The first-order valence-electron chi connectivity index (χ1n) is 10.7. The van der Waals surface area contributed by atoms with Crippen LogP contribution in [0.15, 0.2) is 42.5 Å². The van der Waals surface area contributed by atoms with E-state index >= 15 is 0 Å². The molecule has 0 radical (unpaired) electrons. The van der Waals surface area contributed by atoms with Crippen LogP contribution in [-0.2, 0) is 4.79 Å². The number of carbonyl (C=O) groups is 2. The van der Waals surface area contributed by atoms with Crippen molar-refractivity contribution in [3.63, 3.8) is 0 Å². The normalized spacial score (nSPS) is 18.2. The minimum atomic E-state index is -0.392. The van der Waals surface area contributed by atoms with E-state index in [0.29, 0.717) is 30.0 Å². The molecule has 0 spiro atoms. The first-order chi connectivity index (χ1) is 15.3. The number of urea groups is 1. The van der Waals surface area contributed by atoms with Crippen LogP contribution in [0, 0.1) is 11.7 Å². The molecule has 2 atom stereocenters. The number of benzene rings is 2. The highest BCUT2D eigenvalue weighted by molar-refractivity contribution is 5.94. The van der Waals surface area contributed by atoms with Crippen molar-refractivity contribution in [3.8, 4) is 11.5 Å². The molecule has 7 nitrogen and oxygen atoms in total. The van der Waals surface area contributed by atoms with Gasteiger partial charge in [0.15, 0.2) is 0 Å². The third-order valence-electron chi connectivity index (χ3n) is 5.55. The standard InChI is InChI=1S/C24H30FN3O4/c1-15(2)26-24(30)28-14-17(7-12-21(28)16-5-8-18(25)9-6-16)23(29)27-20-11-10-19(31-3)13-22(20)32-4/h5-6,8-11,13,15,17,21H,7,12,14H2,1-4H3,(H,26,30)(H,27,29). The van der Waals surface area contributed by atoms with Crippen LogP contribution in [0.1, 0.15) is 38.3 Å². The monoisotopic (exact) mass is 443 g/mol. The van der Waals surface area contributed by atoms with Crippen molar-refractivity contribution in [1.82, 2.24) is 10.2 Å². The highest BCUT2D eigenvalue weighted by atomic mass is 19.1. The number of hydrogen-bond donors (Lipinski definition) is 2. The van der Waals surface area contributed by atoms with Crippen LogP contribution in [0.2, 0.25) is 0 Å². The van der Waals surface area contributed by atoms with Crippen LogP contribution >= 0.6 is 0 Å². The molecule has 3 amide bonds. The lowest BCUT2D eigenvalue weighted by molar-refractivity contribution is -0.121. The minimum absolute atomic E-state index is 0.0471. The van der Waals surface area contributed by atoms with Crippen LogP contribution in [0.25, 0.3) is 0 Å². The van der Waals surface area contributed by atoms with Crippen LogP contribution in [0.4, 0.5) is 14.9 Å². The molecule has 1 aliphatic rings. The number of nitrogens with one attached hydrogen (secondary N) is 2. The molecule has 172 valence electrons. The number of methoxy groups -OCH3 is 2. The molecule has 32 heavy (non-hydrogen) atoms. The van der Waals surface area contributed by atoms with E-state index in [1.54, 1.807) is 42.3 Å². The molecule has 1 saturated heterocycles. The second kappa shape index (κ2) is 10.3. The highest BCUT2D eigenvalue weighted by Crippen LogP contribution is 2.35. The van der Waals surface area contributed by atoms with E-state index in [4.69, 9.17) is 9.47 Å². The zero-order valence-electron chi connectivity index (χ0n) is 18.9. The molecule has 3 rings (SSSR count). The van der Waals surface area contributed by atoms with Gasteiger partial charge in [0.1, 0.15) is 17.3 Å². The van der Waals surface area contributed by atoms with E-state index in [1.165, 1.54) is 19.2 Å². The first-order valence-corrected chi connectivity index (χ1v) is 10.7. The Bertz CT molecular complexity index is 949. The van der Waals surface area contributed by atoms with Gasteiger partial charge in [-0.15, -0.1) is 0 Å². The molecular formula is C24H30FN3O4. The Morgan fingerprint density at radius 3 is 2.41 bits per heavy atom. The molecule has 0 aliphatic carbocycles. The Morgan fingerprint density at radius 2 is 1.78 bits per heavy atom. The van der Waals surface area contributed by atoms with Gasteiger partial charge in [-0.3, -0.25) is 4.79 Å². The predicted octanol–water partition coefficient (Wildman–Crippen LogP) is 4.35. The third-order valence-corrected chi connectivity index (χ3v) is 5.55. The summed E-state index contributed by atoms with van der Waals surface area (Å²) in [6.45, 7) is 4.02. The summed E-state index contributed by atoms with van der Waals surface area (Å²) in [5.41, 5.74) is 1.39. The van der Waals surface area contributed by atoms with Crippen molar-refractivity contribution in [3.05, 3.63) is 53.8 Å². The highest BCUT2D eigenvalue weighted by Gasteiger charge is 2.36. The van der Waals surface area contributed by atoms with Gasteiger partial charge in [0, 0.05) is 18.7 Å². The number of ether oxygens (including phenoxy) is 2. The Hall–Kier alpha value is -3.29. The molecule has 2 N–H and O–H groups in total. The average molecular weight is 444 g/mol. The predicted molar refractivity (Wildman–Crippen MR) is 120 cm³/mol. The Morgan fingerprint density at radius 1 is 1.06 bits per heavy atom. The molecule has 2 aromatic carbocycles. The summed E-state index contributed by atoms with van der Waals surface area (Å²) in [4.78, 5) is 27.7. The number of anilines is 1. The molecule has 1 heterocycles. The summed E-state index contributed by atoms with van der Waals surface area (Å²) in [5, 5.41) is 5.83. The first kappa shape index (κ1) is 23.4. The maximum Gasteiger partial charge on any atom is 0.318 e. The molecule has 2 unspecified atom stereocenters. The molecule has 2 aromatic rings. The number of carbonyl (C=O) groups excluding carboxylic acids is 2. The van der Waals surface area contributed by atoms with Gasteiger partial charge in [-0.25, -0.2) is 9.18 Å². The van der Waals surface area contributed by atoms with Crippen LogP contribution in [-0.4, -0.2) is 43.6 Å². The lowest BCUT2D eigenvalue weighted by Gasteiger charge is -2.39. The minimum Gasteiger partial charge on any atom is -0.497 e. The number of likely N-dealkylation sites (tertiary alicyclic amines) is 1. The van der Waals surface area contributed by atoms with Gasteiger partial charge in [0.05, 0.1) is 31.9 Å². The molecule has 0 bridgehead atoms. The van der Waals surface area contributed by atoms with Crippen molar-refractivity contribution >= 4 is 17.6 Å². The number of halogens is 1. The van der Waals surface area contributed by atoms with Gasteiger partial charge in [0.25, 0.3) is 0 Å². The number of nitrogens with zero attached hydrogens (tertiary/aromatic N) is 1. The summed E-state index contributed by atoms with van der Waals surface area (Å²) < 4.78 is 24.0. The van der Waals surface area contributed by atoms with Crippen molar-refractivity contribution in [2.45, 2.75) is 38.8 Å². The van der Waals surface area contributed by atoms with Gasteiger partial charge in [-0.2, -0.15) is 0 Å². The summed E-state index contributed by atoms with van der Waals surface area (Å²) in [7, 11) is 3.08. The third kappa shape index (κ3) is 5.49. The topological polar surface area (TPSA) is 79.9 Å². The quantitative estimate of drug-likeness (QED) is 0.696. The number of rotatable bonds is 6. The van der Waals surface area contributed by atoms with Gasteiger partial charge in [-0.1, -0.05) is 12.1 Å². The molecule has 0 aromatic heterocycles. The lowest BCUT2D eigenvalue weighted by Crippen LogP contribution is -2.50. The molecule has 0 saturated carbocycles. The van der Waals surface area contributed by atoms with E-state index in [1.807, 2.05) is 13.8 Å². The summed E-state index contributed by atoms with van der Waals surface area (Å²) >= 11 is 0. The lowest BCUT2D eigenvalue weighted by atomic mass is 9.88. The van der Waals surface area contributed by atoms with Gasteiger partial charge < -0.3 is 25.0 Å². The van der Waals surface area contributed by atoms with Crippen LogP contribution < -0.4 is 20.1 Å². The molecule has 1 fully saturated rings. The second-order valence-electron chi connectivity index (χ2n) is 8.15. The molecular weight excluding hydrogens is 413 g/mol. The average Bonchev–Trinajstić information content (AvgIpc) is 2.79. The summed E-state index contributed by atoms with van der Waals surface area (Å²) in [6, 6.07) is 10.8. The summed E-state index contributed by atoms with van der Waals surface area (Å²) in [6.07, 6.45) is 1.19. The largest absolute Gasteiger partial charge is 0.497 e. The van der Waals surface area contributed by atoms with Crippen molar-refractivity contribution in [2.75, 3.05) is 26.1 Å². The number of hydrogen-bond acceptors (Lipinski definition) is 4. The molecule has 8 heteroatoms. The van der Waals surface area contributed by atoms with E-state index in [9.17, 15) is 14.0 Å². The summed E-state index contributed by atoms with van der Waals surface area (Å²) in [5.74, 6) is 0.210. The van der Waals surface area contributed by atoms with Gasteiger partial charge >= 0.3 is 6.03 Å². The molecule has 1 aliphatic heterocycles. The SMILES string of the molecule is COc1ccc(NC(=O)C2CCC(c3ccc(F)cc3)N(C(=O)NC(C)C)C2)c(OC)c1. The van der Waals surface area contributed by atoms with Crippen LogP contribution in [0.5, 0.6) is 11.5 Å². The van der Waals surface area contributed by atoms with E-state index < -0.39 is 5.92 Å². The smallest absolute Gasteiger partial charge is 0.318 e. The van der Waals surface area contributed by atoms with Crippen molar-refractivity contribution in [2.24, 2.45) is 5.92 Å². The fraction of sp³-hybridized carbons (Fsp3) is 0.417. The van der Waals surface area contributed by atoms with E-state index in [0.717, 1.165) is 5.56 Å². The van der Waals surface area contributed by atoms with Crippen molar-refractivity contribution in [1.29, 1.82) is 0 Å². The van der Waals surface area contributed by atoms with E-state index in [2.05, 4.69) is 10.6 Å². The van der Waals surface area contributed by atoms with Gasteiger partial charge in [0.2, 0.25) is 5.91 Å². The van der Waals surface area contributed by atoms with Gasteiger partial charge in [-0.05, 0) is 56.5 Å². The Balaban J connectivity index is 1.78. The maximum atomic E-state index is 13.4. The fourth-order valence-electron chi connectivity index (χ4n) is 3.91. The fourth-order valence-corrected chi connectivity index (χ4v) is 3.91. The maximum absolute atomic E-state index is 13.4. The van der Waals surface area contributed by atoms with E-state index in [-0.39, 0.29) is 36.4 Å². The second-order valence-corrected chi connectivity index (χ2v) is 8.15. The Kier molecular flexibility index (Phi) is 7.56. The van der Waals surface area contributed by atoms with Crippen LogP contribution in [0.3, 0.4) is 0 Å². The number of piperidine rings is 1. The zero-order valence-corrected chi connectivity index (χ0v) is 18.9.